The Morgan fingerprint density at radius 3 is 1.95 bits per heavy atom. The first-order valence-corrected chi connectivity index (χ1v) is 15.5. The van der Waals surface area contributed by atoms with E-state index < -0.39 is 0 Å². The number of benzene rings is 1. The summed E-state index contributed by atoms with van der Waals surface area (Å²) in [5, 5.41) is 0. The number of carbonyl (C=O) groups is 1. The first-order chi connectivity index (χ1) is 17.5. The molecule has 1 aromatic rings. The fourth-order valence-electron chi connectivity index (χ4n) is 4.73. The Balaban J connectivity index is 0. The van der Waals surface area contributed by atoms with Crippen molar-refractivity contribution in [3.05, 3.63) is 22.8 Å². The molecule has 37 heavy (non-hydrogen) atoms. The highest BCUT2D eigenvalue weighted by molar-refractivity contribution is 5.70. The van der Waals surface area contributed by atoms with Gasteiger partial charge < -0.3 is 9.47 Å². The molecule has 0 bridgehead atoms. The summed E-state index contributed by atoms with van der Waals surface area (Å²) in [5.74, 6) is 4.14. The van der Waals surface area contributed by atoms with Crippen LogP contribution in [0.4, 0.5) is 0 Å². The van der Waals surface area contributed by atoms with Crippen LogP contribution in [0.2, 0.25) is 0 Å². The molecule has 3 unspecified atom stereocenters. The summed E-state index contributed by atoms with van der Waals surface area (Å²) >= 11 is 0. The molecule has 0 radical (unpaired) electrons. The van der Waals surface area contributed by atoms with Crippen LogP contribution in [0.3, 0.4) is 0 Å². The van der Waals surface area contributed by atoms with Gasteiger partial charge in [0.1, 0.15) is 11.5 Å². The summed E-state index contributed by atoms with van der Waals surface area (Å²) in [7, 11) is 0. The van der Waals surface area contributed by atoms with E-state index in [2.05, 4.69) is 41.5 Å². The van der Waals surface area contributed by atoms with Crippen LogP contribution in [-0.2, 0) is 11.2 Å². The van der Waals surface area contributed by atoms with Crippen molar-refractivity contribution in [2.24, 2.45) is 17.8 Å². The van der Waals surface area contributed by atoms with Gasteiger partial charge in [-0.15, -0.1) is 0 Å². The molecule has 0 spiro atoms. The lowest BCUT2D eigenvalue weighted by Gasteiger charge is -2.27. The SMILES string of the molecule is CC.CC.CC(=O)Oc1cc(C)c2c(c1C)CCC(C)O2.CCCC(C)CCCC(C)CCCC(C)C. The minimum Gasteiger partial charge on any atom is -0.490 e. The molecule has 0 N–H and O–H groups in total. The van der Waals surface area contributed by atoms with Crippen molar-refractivity contribution in [2.75, 3.05) is 0 Å². The number of hydrogen-bond acceptors (Lipinski definition) is 3. The number of ether oxygens (including phenoxy) is 2. The fourth-order valence-corrected chi connectivity index (χ4v) is 4.73. The van der Waals surface area contributed by atoms with Crippen molar-refractivity contribution in [3.63, 3.8) is 0 Å². The van der Waals surface area contributed by atoms with Gasteiger partial charge in [-0.1, -0.05) is 114 Å². The van der Waals surface area contributed by atoms with Gasteiger partial charge in [0.25, 0.3) is 0 Å². The van der Waals surface area contributed by atoms with Crippen LogP contribution >= 0.6 is 0 Å². The number of fused-ring (bicyclic) bond motifs is 1. The molecule has 0 aromatic heterocycles. The summed E-state index contributed by atoms with van der Waals surface area (Å²) in [6.07, 6.45) is 13.7. The molecule has 1 aliphatic rings. The Morgan fingerprint density at radius 2 is 1.46 bits per heavy atom. The van der Waals surface area contributed by atoms with E-state index in [0.29, 0.717) is 5.75 Å². The van der Waals surface area contributed by atoms with Crippen molar-refractivity contribution in [3.8, 4) is 11.5 Å². The minimum atomic E-state index is -0.280. The van der Waals surface area contributed by atoms with Gasteiger partial charge in [-0.05, 0) is 68.6 Å². The molecule has 218 valence electrons. The monoisotopic (exact) mass is 520 g/mol. The summed E-state index contributed by atoms with van der Waals surface area (Å²) in [6, 6.07) is 1.88. The molecule has 0 amide bonds. The maximum Gasteiger partial charge on any atom is 0.308 e. The van der Waals surface area contributed by atoms with Gasteiger partial charge in [-0.3, -0.25) is 4.79 Å². The van der Waals surface area contributed by atoms with Crippen LogP contribution in [0.5, 0.6) is 11.5 Å². The average molecular weight is 521 g/mol. The van der Waals surface area contributed by atoms with Crippen LogP contribution in [0, 0.1) is 31.6 Å². The van der Waals surface area contributed by atoms with E-state index in [0.717, 1.165) is 47.5 Å². The number of esters is 1. The normalized spacial score (nSPS) is 15.4. The van der Waals surface area contributed by atoms with E-state index in [1.54, 1.807) is 0 Å². The zero-order valence-corrected chi connectivity index (χ0v) is 27.2. The van der Waals surface area contributed by atoms with Crippen molar-refractivity contribution in [1.82, 2.24) is 0 Å². The standard InChI is InChI=1S/C16H34.C14H18O3.2C2H6/c1-6-9-15(4)12-8-13-16(5)11-7-10-14(2)3;1-8-7-13(17-11(4)15)10(3)12-6-5-9(2)16-14(8)12;2*1-2/h14-16H,6-13H2,1-5H3;7,9H,5-6H2,1-4H3;2*1-2H3. The first kappa shape index (κ1) is 37.6. The molecule has 3 heteroatoms. The van der Waals surface area contributed by atoms with Gasteiger partial charge in [0.05, 0.1) is 6.10 Å². The van der Waals surface area contributed by atoms with E-state index in [-0.39, 0.29) is 12.1 Å². The molecule has 0 saturated carbocycles. The number of aryl methyl sites for hydroxylation is 1. The molecule has 0 fully saturated rings. The predicted octanol–water partition coefficient (Wildman–Crippen LogP) is 11.0. The van der Waals surface area contributed by atoms with Crippen molar-refractivity contribution in [1.29, 1.82) is 0 Å². The Morgan fingerprint density at radius 1 is 0.946 bits per heavy atom. The molecule has 3 nitrogen and oxygen atoms in total. The largest absolute Gasteiger partial charge is 0.490 e. The van der Waals surface area contributed by atoms with Gasteiger partial charge in [0.2, 0.25) is 0 Å². The number of hydrogen-bond donors (Lipinski definition) is 0. The topological polar surface area (TPSA) is 35.5 Å². The van der Waals surface area contributed by atoms with Crippen LogP contribution in [0.15, 0.2) is 6.07 Å². The maximum absolute atomic E-state index is 11.0. The smallest absolute Gasteiger partial charge is 0.308 e. The average Bonchev–Trinajstić information content (AvgIpc) is 2.85. The second-order valence-corrected chi connectivity index (χ2v) is 10.9. The molecule has 1 aliphatic heterocycles. The quantitative estimate of drug-likeness (QED) is 0.215. The number of rotatable bonds is 11. The molecule has 1 heterocycles. The summed E-state index contributed by atoms with van der Waals surface area (Å²) in [6.45, 7) is 27.3. The zero-order valence-electron chi connectivity index (χ0n) is 27.2. The second kappa shape index (κ2) is 22.5. The van der Waals surface area contributed by atoms with Crippen molar-refractivity contribution in [2.45, 2.75) is 160 Å². The molecule has 0 saturated heterocycles. The van der Waals surface area contributed by atoms with Gasteiger partial charge in [-0.2, -0.15) is 0 Å². The minimum absolute atomic E-state index is 0.264. The Bertz CT molecular complexity index is 708. The molecule has 1 aromatic carbocycles. The lowest BCUT2D eigenvalue weighted by Crippen LogP contribution is -2.21. The number of carbonyl (C=O) groups excluding carboxylic acids is 1. The molecule has 0 aliphatic carbocycles. The van der Waals surface area contributed by atoms with E-state index in [9.17, 15) is 4.79 Å². The zero-order chi connectivity index (χ0) is 29.0. The van der Waals surface area contributed by atoms with Gasteiger partial charge in [0, 0.05) is 12.5 Å². The van der Waals surface area contributed by atoms with Crippen LogP contribution in [0.1, 0.15) is 151 Å². The fraction of sp³-hybridized carbons (Fsp3) is 0.794. The Labute approximate surface area is 232 Å². The summed E-state index contributed by atoms with van der Waals surface area (Å²) in [4.78, 5) is 11.0. The van der Waals surface area contributed by atoms with Gasteiger partial charge in [-0.25, -0.2) is 0 Å². The van der Waals surface area contributed by atoms with Gasteiger partial charge >= 0.3 is 5.97 Å². The highest BCUT2D eigenvalue weighted by Gasteiger charge is 2.22. The predicted molar refractivity (Wildman–Crippen MR) is 164 cm³/mol. The second-order valence-electron chi connectivity index (χ2n) is 10.9. The highest BCUT2D eigenvalue weighted by Crippen LogP contribution is 2.38. The summed E-state index contributed by atoms with van der Waals surface area (Å²) < 4.78 is 11.1. The van der Waals surface area contributed by atoms with E-state index in [1.807, 2.05) is 47.6 Å². The van der Waals surface area contributed by atoms with E-state index in [1.165, 1.54) is 63.9 Å². The molecular formula is C34H64O3. The lowest BCUT2D eigenvalue weighted by atomic mass is 9.92. The lowest BCUT2D eigenvalue weighted by molar-refractivity contribution is -0.131. The van der Waals surface area contributed by atoms with Crippen molar-refractivity contribution < 1.29 is 14.3 Å². The third kappa shape index (κ3) is 16.8. The van der Waals surface area contributed by atoms with Crippen LogP contribution < -0.4 is 9.47 Å². The Hall–Kier alpha value is -1.51. The van der Waals surface area contributed by atoms with E-state index >= 15 is 0 Å². The Kier molecular flexibility index (Phi) is 22.9. The van der Waals surface area contributed by atoms with Gasteiger partial charge in [0.15, 0.2) is 0 Å². The van der Waals surface area contributed by atoms with E-state index in [4.69, 9.17) is 9.47 Å². The highest BCUT2D eigenvalue weighted by atomic mass is 16.5. The van der Waals surface area contributed by atoms with Crippen molar-refractivity contribution >= 4 is 5.97 Å². The third-order valence-corrected chi connectivity index (χ3v) is 6.83. The maximum atomic E-state index is 11.0. The van der Waals surface area contributed by atoms with Crippen LogP contribution in [-0.4, -0.2) is 12.1 Å². The third-order valence-electron chi connectivity index (χ3n) is 6.83. The molecule has 3 atom stereocenters. The van der Waals surface area contributed by atoms with Crippen LogP contribution in [0.25, 0.3) is 0 Å². The summed E-state index contributed by atoms with van der Waals surface area (Å²) in [5.41, 5.74) is 3.24. The first-order valence-electron chi connectivity index (χ1n) is 15.5. The molecular weight excluding hydrogens is 456 g/mol. The molecule has 2 rings (SSSR count).